The summed E-state index contributed by atoms with van der Waals surface area (Å²) >= 11 is 6.02. The van der Waals surface area contributed by atoms with Crippen molar-refractivity contribution < 1.29 is 13.9 Å². The van der Waals surface area contributed by atoms with Gasteiger partial charge in [0.25, 0.3) is 0 Å². The zero-order valence-electron chi connectivity index (χ0n) is 12.9. The van der Waals surface area contributed by atoms with Crippen LogP contribution >= 0.6 is 11.6 Å². The van der Waals surface area contributed by atoms with E-state index in [-0.39, 0.29) is 0 Å². The summed E-state index contributed by atoms with van der Waals surface area (Å²) in [6.07, 6.45) is 0. The Kier molecular flexibility index (Phi) is 4.05. The Morgan fingerprint density at radius 2 is 1.79 bits per heavy atom. The fourth-order valence-electron chi connectivity index (χ4n) is 2.61. The van der Waals surface area contributed by atoms with Gasteiger partial charge >= 0.3 is 0 Å². The molecule has 0 amide bonds. The third-order valence-electron chi connectivity index (χ3n) is 3.78. The highest BCUT2D eigenvalue weighted by Gasteiger charge is 2.12. The lowest BCUT2D eigenvalue weighted by atomic mass is 10.2. The molecule has 122 valence electrons. The lowest BCUT2D eigenvalue weighted by Crippen LogP contribution is -2.15. The molecule has 1 aromatic heterocycles. The van der Waals surface area contributed by atoms with Crippen LogP contribution < -0.4 is 14.8 Å². The summed E-state index contributed by atoms with van der Waals surface area (Å²) in [5.41, 5.74) is 1.92. The second-order valence-electron chi connectivity index (χ2n) is 5.49. The van der Waals surface area contributed by atoms with Crippen molar-refractivity contribution >= 4 is 17.3 Å². The molecule has 1 N–H and O–H groups in total. The Balaban J connectivity index is 1.45. The van der Waals surface area contributed by atoms with E-state index >= 15 is 0 Å². The van der Waals surface area contributed by atoms with Crippen LogP contribution in [0.1, 0.15) is 5.76 Å². The molecule has 4 nitrogen and oxygen atoms in total. The van der Waals surface area contributed by atoms with Crippen LogP contribution in [-0.2, 0) is 6.54 Å². The quantitative estimate of drug-likeness (QED) is 0.726. The van der Waals surface area contributed by atoms with Crippen molar-refractivity contribution in [1.82, 2.24) is 0 Å². The SMILES string of the molecule is Clc1cccc(-c2ccc(CNc3ccc4c(c3)OCCO4)o2)c1. The Morgan fingerprint density at radius 1 is 0.917 bits per heavy atom. The molecule has 0 fully saturated rings. The Hall–Kier alpha value is -2.59. The minimum atomic E-state index is 0.581. The van der Waals surface area contributed by atoms with Crippen LogP contribution in [0.3, 0.4) is 0 Å². The maximum absolute atomic E-state index is 6.02. The van der Waals surface area contributed by atoms with Crippen LogP contribution in [0.15, 0.2) is 59.0 Å². The molecule has 0 saturated heterocycles. The molecular weight excluding hydrogens is 326 g/mol. The monoisotopic (exact) mass is 341 g/mol. The van der Waals surface area contributed by atoms with Crippen LogP contribution in [0.4, 0.5) is 5.69 Å². The number of rotatable bonds is 4. The first kappa shape index (κ1) is 15.0. The first-order chi connectivity index (χ1) is 11.8. The van der Waals surface area contributed by atoms with Gasteiger partial charge in [0.1, 0.15) is 24.7 Å². The van der Waals surface area contributed by atoms with Crippen LogP contribution in [0.5, 0.6) is 11.5 Å². The smallest absolute Gasteiger partial charge is 0.163 e. The van der Waals surface area contributed by atoms with Gasteiger partial charge < -0.3 is 19.2 Å². The molecule has 0 unspecified atom stereocenters. The van der Waals surface area contributed by atoms with E-state index in [0.29, 0.717) is 24.8 Å². The molecule has 0 spiro atoms. The number of benzene rings is 2. The highest BCUT2D eigenvalue weighted by Crippen LogP contribution is 2.33. The summed E-state index contributed by atoms with van der Waals surface area (Å²) < 4.78 is 17.0. The number of furan rings is 1. The van der Waals surface area contributed by atoms with Gasteiger partial charge in [-0.2, -0.15) is 0 Å². The third-order valence-corrected chi connectivity index (χ3v) is 4.01. The number of nitrogens with one attached hydrogen (secondary N) is 1. The van der Waals surface area contributed by atoms with E-state index in [1.807, 2.05) is 54.6 Å². The zero-order chi connectivity index (χ0) is 16.4. The average Bonchev–Trinajstić information content (AvgIpc) is 3.09. The highest BCUT2D eigenvalue weighted by atomic mass is 35.5. The second-order valence-corrected chi connectivity index (χ2v) is 5.92. The normalized spacial score (nSPS) is 12.9. The van der Waals surface area contributed by atoms with E-state index < -0.39 is 0 Å². The standard InChI is InChI=1S/C19H16ClNO3/c20-14-3-1-2-13(10-14)17-7-5-16(24-17)12-21-15-4-6-18-19(11-15)23-9-8-22-18/h1-7,10-11,21H,8-9,12H2. The van der Waals surface area contributed by atoms with E-state index in [1.54, 1.807) is 0 Å². The second kappa shape index (κ2) is 6.49. The predicted octanol–water partition coefficient (Wildman–Crippen LogP) is 4.98. The number of ether oxygens (including phenoxy) is 2. The molecule has 5 heteroatoms. The molecule has 3 aromatic rings. The number of hydrogen-bond donors (Lipinski definition) is 1. The topological polar surface area (TPSA) is 43.6 Å². The Morgan fingerprint density at radius 3 is 2.67 bits per heavy atom. The molecule has 0 saturated carbocycles. The molecule has 0 radical (unpaired) electrons. The lowest BCUT2D eigenvalue weighted by molar-refractivity contribution is 0.171. The van der Waals surface area contributed by atoms with Crippen LogP contribution in [-0.4, -0.2) is 13.2 Å². The van der Waals surface area contributed by atoms with Crippen LogP contribution in [0.25, 0.3) is 11.3 Å². The van der Waals surface area contributed by atoms with E-state index in [2.05, 4.69) is 5.32 Å². The molecule has 0 bridgehead atoms. The van der Waals surface area contributed by atoms with Crippen LogP contribution in [0.2, 0.25) is 5.02 Å². The molecule has 24 heavy (non-hydrogen) atoms. The van der Waals surface area contributed by atoms with Crippen molar-refractivity contribution in [1.29, 1.82) is 0 Å². The molecule has 0 atom stereocenters. The Labute approximate surface area is 145 Å². The molecule has 2 heterocycles. The van der Waals surface area contributed by atoms with Gasteiger partial charge in [0.05, 0.1) is 6.54 Å². The molecule has 0 aliphatic carbocycles. The summed E-state index contributed by atoms with van der Waals surface area (Å²) in [4.78, 5) is 0. The Bertz CT molecular complexity index is 859. The van der Waals surface area contributed by atoms with Crippen molar-refractivity contribution in [3.8, 4) is 22.8 Å². The molecule has 2 aromatic carbocycles. The molecular formula is C19H16ClNO3. The summed E-state index contributed by atoms with van der Waals surface area (Å²) in [6.45, 7) is 1.76. The van der Waals surface area contributed by atoms with Gasteiger partial charge in [-0.3, -0.25) is 0 Å². The first-order valence-corrected chi connectivity index (χ1v) is 8.14. The average molecular weight is 342 g/mol. The third kappa shape index (κ3) is 3.19. The van der Waals surface area contributed by atoms with Gasteiger partial charge in [0.15, 0.2) is 11.5 Å². The maximum Gasteiger partial charge on any atom is 0.163 e. The predicted molar refractivity (Wildman–Crippen MR) is 93.9 cm³/mol. The van der Waals surface area contributed by atoms with Crippen molar-refractivity contribution in [2.24, 2.45) is 0 Å². The first-order valence-electron chi connectivity index (χ1n) is 7.76. The van der Waals surface area contributed by atoms with E-state index in [1.165, 1.54) is 0 Å². The van der Waals surface area contributed by atoms with Gasteiger partial charge in [0, 0.05) is 22.3 Å². The van der Waals surface area contributed by atoms with Gasteiger partial charge in [-0.15, -0.1) is 0 Å². The fourth-order valence-corrected chi connectivity index (χ4v) is 2.80. The van der Waals surface area contributed by atoms with Crippen molar-refractivity contribution in [3.63, 3.8) is 0 Å². The molecule has 1 aliphatic heterocycles. The van der Waals surface area contributed by atoms with Gasteiger partial charge in [0.2, 0.25) is 0 Å². The lowest BCUT2D eigenvalue weighted by Gasteiger charge is -2.19. The summed E-state index contributed by atoms with van der Waals surface area (Å²) in [5, 5.41) is 4.03. The van der Waals surface area contributed by atoms with E-state index in [9.17, 15) is 0 Å². The van der Waals surface area contributed by atoms with Crippen molar-refractivity contribution in [2.45, 2.75) is 6.54 Å². The zero-order valence-corrected chi connectivity index (χ0v) is 13.7. The number of fused-ring (bicyclic) bond motifs is 1. The van der Waals surface area contributed by atoms with Gasteiger partial charge in [-0.25, -0.2) is 0 Å². The van der Waals surface area contributed by atoms with Crippen molar-refractivity contribution in [2.75, 3.05) is 18.5 Å². The maximum atomic E-state index is 6.02. The van der Waals surface area contributed by atoms with E-state index in [0.717, 1.165) is 34.3 Å². The van der Waals surface area contributed by atoms with Crippen molar-refractivity contribution in [3.05, 3.63) is 65.4 Å². The van der Waals surface area contributed by atoms with Crippen LogP contribution in [0, 0.1) is 0 Å². The summed E-state index contributed by atoms with van der Waals surface area (Å²) in [5.74, 6) is 3.20. The summed E-state index contributed by atoms with van der Waals surface area (Å²) in [7, 11) is 0. The largest absolute Gasteiger partial charge is 0.486 e. The highest BCUT2D eigenvalue weighted by molar-refractivity contribution is 6.30. The van der Waals surface area contributed by atoms with Gasteiger partial charge in [-0.1, -0.05) is 23.7 Å². The molecule has 1 aliphatic rings. The summed E-state index contributed by atoms with van der Waals surface area (Å²) in [6, 6.07) is 17.3. The minimum Gasteiger partial charge on any atom is -0.486 e. The minimum absolute atomic E-state index is 0.581. The number of anilines is 1. The fraction of sp³-hybridized carbons (Fsp3) is 0.158. The van der Waals surface area contributed by atoms with E-state index in [4.69, 9.17) is 25.5 Å². The van der Waals surface area contributed by atoms with Gasteiger partial charge in [-0.05, 0) is 36.4 Å². The number of halogens is 1. The molecule has 4 rings (SSSR count). The number of hydrogen-bond acceptors (Lipinski definition) is 4.